The van der Waals surface area contributed by atoms with Gasteiger partial charge in [-0.2, -0.15) is 0 Å². The van der Waals surface area contributed by atoms with Gasteiger partial charge in [-0.05, 0) is 61.8 Å². The predicted molar refractivity (Wildman–Crippen MR) is 270 cm³/mol. The topological polar surface area (TPSA) is 215 Å². The van der Waals surface area contributed by atoms with Crippen molar-refractivity contribution in [3.8, 4) is 10.4 Å². The Hall–Kier alpha value is -6.02. The lowest BCUT2D eigenvalue weighted by atomic mass is 9.85. The van der Waals surface area contributed by atoms with E-state index in [-0.39, 0.29) is 49.6 Å². The number of nitrogens with zero attached hydrogens (tertiary/aromatic N) is 7. The summed E-state index contributed by atoms with van der Waals surface area (Å²) in [5.74, 6) is 0.487. The number of rotatable bonds is 17. The number of para-hydroxylation sites is 1. The molecule has 0 spiro atoms. The van der Waals surface area contributed by atoms with E-state index in [0.29, 0.717) is 90.0 Å². The summed E-state index contributed by atoms with van der Waals surface area (Å²) in [5.41, 5.74) is 5.45. The molecule has 2 aromatic carbocycles. The summed E-state index contributed by atoms with van der Waals surface area (Å²) < 4.78 is 0. The van der Waals surface area contributed by atoms with Gasteiger partial charge >= 0.3 is 0 Å². The number of thiazole rings is 2. The Balaban J connectivity index is 0.823. The second-order valence-corrected chi connectivity index (χ2v) is 20.9. The molecule has 5 N–H and O–H groups in total. The van der Waals surface area contributed by atoms with E-state index in [2.05, 4.69) is 46.1 Å². The maximum atomic E-state index is 14.1. The molecule has 1 unspecified atom stereocenters. The third-order valence-electron chi connectivity index (χ3n) is 12.2. The number of anilines is 4. The second-order valence-electron chi connectivity index (χ2n) is 18.6. The number of hydrogen-bond acceptors (Lipinski definition) is 14. The SMILES string of the molecule is Cc1nc(Nc2ncc(C(=O)Nc3c(C)cccc3Cl)s2)cc(N2CCN(C(=O)CCCCCC(=O)NC(C(=O)N3C[C@H](O)C[C@H]3C(=O)NCc3ccc(-c4scnc4C)cc3)C(C)(C)C)CC2)n1. The smallest absolute Gasteiger partial charge is 0.267 e. The number of carbonyl (C=O) groups is 5. The van der Waals surface area contributed by atoms with Gasteiger partial charge in [-0.1, -0.05) is 86.5 Å². The number of hydrogen-bond donors (Lipinski definition) is 5. The molecule has 20 heteroatoms. The zero-order valence-corrected chi connectivity index (χ0v) is 42.2. The average molecular weight is 999 g/mol. The molecule has 5 aromatic rings. The van der Waals surface area contributed by atoms with Crippen LogP contribution < -0.4 is 26.2 Å². The van der Waals surface area contributed by atoms with Crippen LogP contribution in [0.2, 0.25) is 5.02 Å². The van der Waals surface area contributed by atoms with E-state index in [1.165, 1.54) is 22.4 Å². The lowest BCUT2D eigenvalue weighted by Crippen LogP contribution is -2.57. The monoisotopic (exact) mass is 997 g/mol. The number of piperazine rings is 1. The Morgan fingerprint density at radius 2 is 1.67 bits per heavy atom. The van der Waals surface area contributed by atoms with Crippen LogP contribution in [-0.4, -0.2) is 115 Å². The molecular weight excluding hydrogens is 938 g/mol. The Kier molecular flexibility index (Phi) is 16.7. The molecule has 366 valence electrons. The van der Waals surface area contributed by atoms with Crippen LogP contribution in [0, 0.1) is 26.2 Å². The minimum absolute atomic E-state index is 0.00475. The van der Waals surface area contributed by atoms with Crippen LogP contribution in [0.1, 0.15) is 91.6 Å². The Labute approximate surface area is 415 Å². The van der Waals surface area contributed by atoms with Gasteiger partial charge in [0.2, 0.25) is 23.6 Å². The van der Waals surface area contributed by atoms with E-state index in [1.54, 1.807) is 24.3 Å². The second kappa shape index (κ2) is 22.6. The Bertz CT molecular complexity index is 2620. The number of amides is 5. The molecule has 2 aliphatic rings. The molecule has 0 saturated carbocycles. The number of nitrogens with one attached hydrogen (secondary N) is 4. The van der Waals surface area contributed by atoms with Crippen LogP contribution in [0.15, 0.2) is 60.2 Å². The van der Waals surface area contributed by atoms with Crippen molar-refractivity contribution in [1.82, 2.24) is 40.4 Å². The van der Waals surface area contributed by atoms with Crippen LogP contribution in [0.4, 0.5) is 22.5 Å². The number of benzene rings is 2. The van der Waals surface area contributed by atoms with Gasteiger partial charge in [0.05, 0.1) is 39.1 Å². The maximum Gasteiger partial charge on any atom is 0.267 e. The van der Waals surface area contributed by atoms with Crippen molar-refractivity contribution in [2.75, 3.05) is 48.3 Å². The number of likely N-dealkylation sites (tertiary alicyclic amines) is 1. The van der Waals surface area contributed by atoms with E-state index in [4.69, 9.17) is 11.6 Å². The van der Waals surface area contributed by atoms with Crippen LogP contribution in [0.5, 0.6) is 0 Å². The van der Waals surface area contributed by atoms with Gasteiger partial charge in [-0.15, -0.1) is 11.3 Å². The third-order valence-corrected chi connectivity index (χ3v) is 14.4. The highest BCUT2D eigenvalue weighted by Crippen LogP contribution is 2.31. The number of aliphatic hydroxyl groups excluding tert-OH is 1. The highest BCUT2D eigenvalue weighted by atomic mass is 35.5. The van der Waals surface area contributed by atoms with E-state index >= 15 is 0 Å². The normalized spacial score (nSPS) is 16.6. The lowest BCUT2D eigenvalue weighted by Gasteiger charge is -2.35. The summed E-state index contributed by atoms with van der Waals surface area (Å²) in [6.45, 7) is 13.7. The summed E-state index contributed by atoms with van der Waals surface area (Å²) in [5, 5.41) is 23.5. The molecular formula is C49H60ClN11O6S2. The molecule has 0 radical (unpaired) electrons. The standard InChI is InChI=1S/C49H60ClN11O6S2/c1-29-11-10-12-35(50)42(29)58-46(66)37-26-52-48(69-37)56-38-24-39(55-31(3)54-38)59-19-21-60(22-20-59)41(64)14-9-7-8-13-40(63)57-44(49(4,5)6)47(67)61-27-34(62)23-36(61)45(65)51-25-32-15-17-33(18-16-32)43-30(2)53-28-68-43/h10-12,15-18,24,26,28,34,36,44,62H,7-9,13-14,19-23,25,27H2,1-6H3,(H,51,65)(H,57,63)(H,58,66)(H,52,54,55,56)/t34-,36+,44?/m1/s1. The lowest BCUT2D eigenvalue weighted by molar-refractivity contribution is -0.144. The van der Waals surface area contributed by atoms with Gasteiger partial charge in [-0.25, -0.2) is 19.9 Å². The molecule has 2 aliphatic heterocycles. The summed E-state index contributed by atoms with van der Waals surface area (Å²) in [6.07, 6.45) is 3.09. The van der Waals surface area contributed by atoms with Gasteiger partial charge < -0.3 is 41.1 Å². The van der Waals surface area contributed by atoms with E-state index in [0.717, 1.165) is 27.3 Å². The maximum absolute atomic E-state index is 14.1. The van der Waals surface area contributed by atoms with Crippen molar-refractivity contribution in [2.24, 2.45) is 5.41 Å². The quantitative estimate of drug-likeness (QED) is 0.0594. The molecule has 5 amide bonds. The fraction of sp³-hybridized carbons (Fsp3) is 0.449. The number of carbonyl (C=O) groups excluding carboxylic acids is 5. The molecule has 0 aliphatic carbocycles. The van der Waals surface area contributed by atoms with Gasteiger partial charge in [0.1, 0.15) is 34.4 Å². The van der Waals surface area contributed by atoms with Gasteiger partial charge in [0, 0.05) is 64.6 Å². The third kappa shape index (κ3) is 13.2. The minimum Gasteiger partial charge on any atom is -0.391 e. The summed E-state index contributed by atoms with van der Waals surface area (Å²) in [6, 6.07) is 13.3. The van der Waals surface area contributed by atoms with E-state index in [1.807, 2.05) is 87.5 Å². The number of aliphatic hydroxyl groups is 1. The molecule has 3 atom stereocenters. The molecule has 17 nitrogen and oxygen atoms in total. The minimum atomic E-state index is -0.917. The molecule has 3 aromatic heterocycles. The molecule has 7 rings (SSSR count). The van der Waals surface area contributed by atoms with Crippen LogP contribution >= 0.6 is 34.3 Å². The molecule has 2 fully saturated rings. The number of β-amino-alcohol motifs (C(OH)–C–C–N with tert-alkyl or cyclic N) is 1. The highest BCUT2D eigenvalue weighted by Gasteiger charge is 2.44. The molecule has 5 heterocycles. The fourth-order valence-electron chi connectivity index (χ4n) is 8.38. The number of unbranched alkanes of at least 4 members (excludes halogenated alkanes) is 2. The van der Waals surface area contributed by atoms with Crippen molar-refractivity contribution in [3.05, 3.63) is 92.8 Å². The summed E-state index contributed by atoms with van der Waals surface area (Å²) in [4.78, 5) is 91.7. The zero-order chi connectivity index (χ0) is 49.4. The first-order valence-corrected chi connectivity index (χ1v) is 25.2. The van der Waals surface area contributed by atoms with Gasteiger partial charge in [0.15, 0.2) is 5.13 Å². The number of aryl methyl sites for hydroxylation is 3. The Morgan fingerprint density at radius 1 is 0.928 bits per heavy atom. The zero-order valence-electron chi connectivity index (χ0n) is 39.8. The first-order valence-electron chi connectivity index (χ1n) is 23.2. The molecule has 0 bridgehead atoms. The van der Waals surface area contributed by atoms with Crippen LogP contribution in [-0.2, 0) is 25.7 Å². The average Bonchev–Trinajstić information content (AvgIpc) is 4.08. The summed E-state index contributed by atoms with van der Waals surface area (Å²) in [7, 11) is 0. The molecule has 69 heavy (non-hydrogen) atoms. The van der Waals surface area contributed by atoms with Crippen molar-refractivity contribution >= 4 is 86.3 Å². The Morgan fingerprint density at radius 3 is 2.36 bits per heavy atom. The van der Waals surface area contributed by atoms with E-state index < -0.39 is 29.5 Å². The summed E-state index contributed by atoms with van der Waals surface area (Å²) >= 11 is 9.06. The number of aromatic nitrogens is 4. The van der Waals surface area contributed by atoms with Crippen molar-refractivity contribution in [1.29, 1.82) is 0 Å². The largest absolute Gasteiger partial charge is 0.391 e. The first kappa shape index (κ1) is 50.8. The van der Waals surface area contributed by atoms with Crippen LogP contribution in [0.25, 0.3) is 10.4 Å². The molecule has 2 saturated heterocycles. The van der Waals surface area contributed by atoms with Gasteiger partial charge in [-0.3, -0.25) is 24.0 Å². The number of halogens is 1. The van der Waals surface area contributed by atoms with Crippen molar-refractivity contribution in [3.63, 3.8) is 0 Å². The van der Waals surface area contributed by atoms with Crippen molar-refractivity contribution in [2.45, 2.75) is 105 Å². The predicted octanol–water partition coefficient (Wildman–Crippen LogP) is 7.04. The van der Waals surface area contributed by atoms with Crippen LogP contribution in [0.3, 0.4) is 0 Å². The highest BCUT2D eigenvalue weighted by molar-refractivity contribution is 7.17. The van der Waals surface area contributed by atoms with E-state index in [9.17, 15) is 29.1 Å². The fourth-order valence-corrected chi connectivity index (χ4v) is 10.2. The van der Waals surface area contributed by atoms with Crippen molar-refractivity contribution < 1.29 is 29.1 Å². The van der Waals surface area contributed by atoms with Gasteiger partial charge in [0.25, 0.3) is 5.91 Å². The first-order chi connectivity index (χ1) is 32.9.